The van der Waals surface area contributed by atoms with Gasteiger partial charge in [-0.3, -0.25) is 0 Å². The van der Waals surface area contributed by atoms with Crippen LogP contribution in [-0.4, -0.2) is 12.3 Å². The van der Waals surface area contributed by atoms with E-state index >= 15 is 0 Å². The summed E-state index contributed by atoms with van der Waals surface area (Å²) in [5, 5.41) is 12.4. The third-order valence-electron chi connectivity index (χ3n) is 3.45. The van der Waals surface area contributed by atoms with Gasteiger partial charge in [-0.2, -0.15) is 5.26 Å². The Bertz CT molecular complexity index is 432. The number of nitriles is 1. The molecule has 1 aromatic carbocycles. The van der Waals surface area contributed by atoms with Crippen molar-refractivity contribution < 1.29 is 0 Å². The predicted octanol–water partition coefficient (Wildman–Crippen LogP) is 5.00. The minimum atomic E-state index is -0.169. The number of rotatable bonds is 10. The fourth-order valence-corrected chi connectivity index (χ4v) is 2.94. The topological polar surface area (TPSA) is 35.8 Å². The number of unbranched alkanes of at least 4 members (excludes halogenated alkanes) is 1. The van der Waals surface area contributed by atoms with E-state index in [1.165, 1.54) is 23.3 Å². The molecule has 116 valence electrons. The lowest BCUT2D eigenvalue weighted by Gasteiger charge is -2.14. The van der Waals surface area contributed by atoms with Crippen LogP contribution in [0.25, 0.3) is 0 Å². The number of nitrogens with one attached hydrogen (secondary N) is 1. The van der Waals surface area contributed by atoms with Crippen molar-refractivity contribution in [2.75, 3.05) is 12.3 Å². The molecule has 3 heteroatoms. The van der Waals surface area contributed by atoms with E-state index in [-0.39, 0.29) is 5.41 Å². The molecule has 0 aliphatic rings. The van der Waals surface area contributed by atoms with Crippen LogP contribution in [-0.2, 0) is 6.54 Å². The second-order valence-electron chi connectivity index (χ2n) is 6.12. The molecule has 0 saturated carbocycles. The molecule has 0 saturated heterocycles. The minimum Gasteiger partial charge on any atom is -0.313 e. The van der Waals surface area contributed by atoms with Gasteiger partial charge in [-0.25, -0.2) is 0 Å². The molecular weight excluding hydrogens is 276 g/mol. The highest BCUT2D eigenvalue weighted by atomic mass is 32.2. The molecule has 21 heavy (non-hydrogen) atoms. The second-order valence-corrected chi connectivity index (χ2v) is 7.29. The minimum absolute atomic E-state index is 0.169. The van der Waals surface area contributed by atoms with Crippen molar-refractivity contribution in [1.29, 1.82) is 5.26 Å². The SMILES string of the molecule is CCCNCc1ccc(SCCCCC(C)(C)C#N)cc1. The lowest BCUT2D eigenvalue weighted by molar-refractivity contribution is 0.433. The number of hydrogen-bond acceptors (Lipinski definition) is 3. The number of nitrogens with zero attached hydrogens (tertiary/aromatic N) is 1. The van der Waals surface area contributed by atoms with Gasteiger partial charge in [0, 0.05) is 11.4 Å². The van der Waals surface area contributed by atoms with Gasteiger partial charge in [0.2, 0.25) is 0 Å². The van der Waals surface area contributed by atoms with E-state index in [1.54, 1.807) is 0 Å². The van der Waals surface area contributed by atoms with Crippen LogP contribution >= 0.6 is 11.8 Å². The maximum Gasteiger partial charge on any atom is 0.0683 e. The van der Waals surface area contributed by atoms with Crippen LogP contribution in [0.2, 0.25) is 0 Å². The van der Waals surface area contributed by atoms with Gasteiger partial charge < -0.3 is 5.32 Å². The smallest absolute Gasteiger partial charge is 0.0683 e. The summed E-state index contributed by atoms with van der Waals surface area (Å²) in [6, 6.07) is 11.2. The van der Waals surface area contributed by atoms with Gasteiger partial charge in [0.1, 0.15) is 0 Å². The zero-order chi connectivity index (χ0) is 15.6. The second kappa shape index (κ2) is 9.87. The van der Waals surface area contributed by atoms with E-state index in [1.807, 2.05) is 25.6 Å². The molecule has 0 atom stereocenters. The number of hydrogen-bond donors (Lipinski definition) is 1. The Balaban J connectivity index is 2.20. The van der Waals surface area contributed by atoms with Gasteiger partial charge >= 0.3 is 0 Å². The first-order valence-corrected chi connectivity index (χ1v) is 8.89. The molecule has 0 unspecified atom stereocenters. The van der Waals surface area contributed by atoms with Gasteiger partial charge in [-0.15, -0.1) is 11.8 Å². The largest absolute Gasteiger partial charge is 0.313 e. The number of benzene rings is 1. The van der Waals surface area contributed by atoms with Crippen LogP contribution in [0, 0.1) is 16.7 Å². The summed E-state index contributed by atoms with van der Waals surface area (Å²) in [7, 11) is 0. The summed E-state index contributed by atoms with van der Waals surface area (Å²) >= 11 is 1.91. The normalized spacial score (nSPS) is 11.3. The van der Waals surface area contributed by atoms with Crippen molar-refractivity contribution in [3.63, 3.8) is 0 Å². The predicted molar refractivity (Wildman–Crippen MR) is 92.4 cm³/mol. The molecule has 1 rings (SSSR count). The summed E-state index contributed by atoms with van der Waals surface area (Å²) in [6.07, 6.45) is 4.48. The first-order valence-electron chi connectivity index (χ1n) is 7.91. The summed E-state index contributed by atoms with van der Waals surface area (Å²) in [4.78, 5) is 1.34. The fraction of sp³-hybridized carbons (Fsp3) is 0.611. The standard InChI is InChI=1S/C18H28N2S/c1-4-12-20-14-16-7-9-17(10-8-16)21-13-6-5-11-18(2,3)15-19/h7-10,20H,4-6,11-14H2,1-3H3. The zero-order valence-electron chi connectivity index (χ0n) is 13.6. The van der Waals surface area contributed by atoms with Crippen molar-refractivity contribution >= 4 is 11.8 Å². The van der Waals surface area contributed by atoms with E-state index in [0.717, 1.165) is 31.7 Å². The highest BCUT2D eigenvalue weighted by molar-refractivity contribution is 7.99. The molecule has 0 spiro atoms. The van der Waals surface area contributed by atoms with Crippen LogP contribution < -0.4 is 5.32 Å². The Morgan fingerprint density at radius 1 is 1.19 bits per heavy atom. The molecule has 0 fully saturated rings. The zero-order valence-corrected chi connectivity index (χ0v) is 14.4. The van der Waals surface area contributed by atoms with E-state index < -0.39 is 0 Å². The Morgan fingerprint density at radius 3 is 2.52 bits per heavy atom. The summed E-state index contributed by atoms with van der Waals surface area (Å²) in [5.41, 5.74) is 1.18. The molecule has 1 N–H and O–H groups in total. The Hall–Kier alpha value is -0.980. The summed E-state index contributed by atoms with van der Waals surface area (Å²) < 4.78 is 0. The third kappa shape index (κ3) is 8.14. The van der Waals surface area contributed by atoms with Crippen molar-refractivity contribution in [1.82, 2.24) is 5.32 Å². The van der Waals surface area contributed by atoms with Crippen LogP contribution in [0.15, 0.2) is 29.2 Å². The van der Waals surface area contributed by atoms with Gasteiger partial charge in [0.05, 0.1) is 11.5 Å². The van der Waals surface area contributed by atoms with Crippen molar-refractivity contribution in [2.45, 2.75) is 57.9 Å². The molecule has 0 aliphatic heterocycles. The lowest BCUT2D eigenvalue weighted by atomic mass is 9.89. The molecule has 0 heterocycles. The van der Waals surface area contributed by atoms with E-state index in [0.29, 0.717) is 0 Å². The Kier molecular flexibility index (Phi) is 8.49. The van der Waals surface area contributed by atoms with Gasteiger partial charge in [-0.05, 0) is 63.1 Å². The van der Waals surface area contributed by atoms with Crippen LogP contribution in [0.5, 0.6) is 0 Å². The maximum atomic E-state index is 8.97. The average Bonchev–Trinajstić information content (AvgIpc) is 2.48. The monoisotopic (exact) mass is 304 g/mol. The Morgan fingerprint density at radius 2 is 1.90 bits per heavy atom. The molecule has 0 bridgehead atoms. The lowest BCUT2D eigenvalue weighted by Crippen LogP contribution is -2.13. The van der Waals surface area contributed by atoms with Gasteiger partial charge in [-0.1, -0.05) is 25.5 Å². The van der Waals surface area contributed by atoms with Crippen LogP contribution in [0.1, 0.15) is 52.0 Å². The molecule has 1 aromatic rings. The molecule has 0 aliphatic carbocycles. The van der Waals surface area contributed by atoms with Crippen LogP contribution in [0.3, 0.4) is 0 Å². The molecule has 2 nitrogen and oxygen atoms in total. The molecular formula is C18H28N2S. The first-order chi connectivity index (χ1) is 10.1. The number of thioether (sulfide) groups is 1. The first kappa shape index (κ1) is 18.1. The molecule has 0 amide bonds. The molecule has 0 radical (unpaired) electrons. The summed E-state index contributed by atoms with van der Waals surface area (Å²) in [5.74, 6) is 1.13. The van der Waals surface area contributed by atoms with Crippen molar-refractivity contribution in [3.05, 3.63) is 29.8 Å². The highest BCUT2D eigenvalue weighted by Gasteiger charge is 2.15. The molecule has 0 aromatic heterocycles. The van der Waals surface area contributed by atoms with Gasteiger partial charge in [0.25, 0.3) is 0 Å². The average molecular weight is 305 g/mol. The van der Waals surface area contributed by atoms with E-state index in [2.05, 4.69) is 42.6 Å². The quantitative estimate of drug-likeness (QED) is 0.488. The van der Waals surface area contributed by atoms with Crippen molar-refractivity contribution in [3.8, 4) is 6.07 Å². The van der Waals surface area contributed by atoms with Crippen LogP contribution in [0.4, 0.5) is 0 Å². The Labute approximate surface area is 134 Å². The summed E-state index contributed by atoms with van der Waals surface area (Å²) in [6.45, 7) is 8.26. The van der Waals surface area contributed by atoms with Gasteiger partial charge in [0.15, 0.2) is 0 Å². The van der Waals surface area contributed by atoms with E-state index in [9.17, 15) is 0 Å². The fourth-order valence-electron chi connectivity index (χ4n) is 2.03. The van der Waals surface area contributed by atoms with Crippen molar-refractivity contribution in [2.24, 2.45) is 5.41 Å². The maximum absolute atomic E-state index is 8.97. The third-order valence-corrected chi connectivity index (χ3v) is 4.55. The van der Waals surface area contributed by atoms with E-state index in [4.69, 9.17) is 5.26 Å². The highest BCUT2D eigenvalue weighted by Crippen LogP contribution is 2.24.